The summed E-state index contributed by atoms with van der Waals surface area (Å²) in [5.41, 5.74) is 2.41. The summed E-state index contributed by atoms with van der Waals surface area (Å²) in [6.07, 6.45) is 1.77. The Hall–Kier alpha value is -1.06. The largest absolute Gasteiger partial charge is 0.392 e. The highest BCUT2D eigenvalue weighted by molar-refractivity contribution is 6.29. The SMILES string of the molecule is OCc1cc(Cl)nc2cc[nH]c12. The van der Waals surface area contributed by atoms with Crippen molar-refractivity contribution in [3.05, 3.63) is 29.0 Å². The van der Waals surface area contributed by atoms with Crippen molar-refractivity contribution in [3.8, 4) is 0 Å². The number of nitrogens with zero attached hydrogens (tertiary/aromatic N) is 1. The third kappa shape index (κ3) is 1.07. The quantitative estimate of drug-likeness (QED) is 0.660. The van der Waals surface area contributed by atoms with Crippen molar-refractivity contribution in [2.75, 3.05) is 0 Å². The predicted octanol–water partition coefficient (Wildman–Crippen LogP) is 1.71. The van der Waals surface area contributed by atoms with E-state index in [1.165, 1.54) is 0 Å². The van der Waals surface area contributed by atoms with Crippen LogP contribution in [0, 0.1) is 0 Å². The van der Waals surface area contributed by atoms with Crippen LogP contribution in [0.1, 0.15) is 5.56 Å². The highest BCUT2D eigenvalue weighted by Crippen LogP contribution is 2.18. The number of fused-ring (bicyclic) bond motifs is 1. The van der Waals surface area contributed by atoms with E-state index in [4.69, 9.17) is 16.7 Å². The fourth-order valence-corrected chi connectivity index (χ4v) is 1.42. The molecule has 0 atom stereocenters. The number of aliphatic hydroxyl groups is 1. The number of hydrogen-bond acceptors (Lipinski definition) is 2. The summed E-state index contributed by atoms with van der Waals surface area (Å²) < 4.78 is 0. The summed E-state index contributed by atoms with van der Waals surface area (Å²) in [7, 11) is 0. The van der Waals surface area contributed by atoms with Crippen LogP contribution >= 0.6 is 11.6 Å². The van der Waals surface area contributed by atoms with Gasteiger partial charge in [0, 0.05) is 11.8 Å². The van der Waals surface area contributed by atoms with E-state index >= 15 is 0 Å². The first kappa shape index (κ1) is 7.58. The Labute approximate surface area is 74.0 Å². The summed E-state index contributed by atoms with van der Waals surface area (Å²) in [5, 5.41) is 9.38. The lowest BCUT2D eigenvalue weighted by atomic mass is 10.2. The predicted molar refractivity (Wildman–Crippen MR) is 47.0 cm³/mol. The molecule has 0 saturated carbocycles. The molecule has 0 aliphatic carbocycles. The molecule has 2 rings (SSSR count). The van der Waals surface area contributed by atoms with Crippen LogP contribution in [0.5, 0.6) is 0 Å². The van der Waals surface area contributed by atoms with Crippen LogP contribution in [0.25, 0.3) is 11.0 Å². The second-order valence-electron chi connectivity index (χ2n) is 2.50. The normalized spacial score (nSPS) is 10.8. The molecule has 0 amide bonds. The summed E-state index contributed by atoms with van der Waals surface area (Å²) >= 11 is 5.72. The van der Waals surface area contributed by atoms with E-state index in [9.17, 15) is 0 Å². The molecular weight excluding hydrogens is 176 g/mol. The van der Waals surface area contributed by atoms with Gasteiger partial charge in [-0.2, -0.15) is 0 Å². The van der Waals surface area contributed by atoms with Crippen LogP contribution in [0.4, 0.5) is 0 Å². The number of nitrogens with one attached hydrogen (secondary N) is 1. The average Bonchev–Trinajstić information content (AvgIpc) is 2.50. The zero-order valence-electron chi connectivity index (χ0n) is 6.21. The number of hydrogen-bond donors (Lipinski definition) is 2. The third-order valence-corrected chi connectivity index (χ3v) is 1.93. The average molecular weight is 183 g/mol. The summed E-state index contributed by atoms with van der Waals surface area (Å²) in [5.74, 6) is 0. The van der Waals surface area contributed by atoms with Gasteiger partial charge in [0.25, 0.3) is 0 Å². The molecule has 0 saturated heterocycles. The first-order valence-corrected chi connectivity index (χ1v) is 3.92. The van der Waals surface area contributed by atoms with Crippen LogP contribution in [-0.4, -0.2) is 15.1 Å². The highest BCUT2D eigenvalue weighted by Gasteiger charge is 2.03. The minimum absolute atomic E-state index is 0.0285. The lowest BCUT2D eigenvalue weighted by molar-refractivity contribution is 0.283. The Kier molecular flexibility index (Phi) is 1.75. The molecule has 0 spiro atoms. The second-order valence-corrected chi connectivity index (χ2v) is 2.89. The Bertz CT molecular complexity index is 410. The van der Waals surface area contributed by atoms with E-state index in [-0.39, 0.29) is 6.61 Å². The minimum atomic E-state index is -0.0285. The molecule has 0 unspecified atom stereocenters. The van der Waals surface area contributed by atoms with E-state index in [0.717, 1.165) is 16.6 Å². The van der Waals surface area contributed by atoms with Crippen molar-refractivity contribution in [1.82, 2.24) is 9.97 Å². The molecule has 0 radical (unpaired) electrons. The Balaban J connectivity index is 2.80. The highest BCUT2D eigenvalue weighted by atomic mass is 35.5. The van der Waals surface area contributed by atoms with Crippen LogP contribution < -0.4 is 0 Å². The lowest BCUT2D eigenvalue weighted by Gasteiger charge is -1.98. The van der Waals surface area contributed by atoms with Crippen molar-refractivity contribution in [3.63, 3.8) is 0 Å². The van der Waals surface area contributed by atoms with Gasteiger partial charge in [-0.25, -0.2) is 4.98 Å². The maximum Gasteiger partial charge on any atom is 0.130 e. The van der Waals surface area contributed by atoms with E-state index in [1.54, 1.807) is 12.3 Å². The molecule has 0 bridgehead atoms. The number of H-pyrrole nitrogens is 1. The summed E-state index contributed by atoms with van der Waals surface area (Å²) in [6, 6.07) is 3.47. The van der Waals surface area contributed by atoms with Crippen molar-refractivity contribution in [2.45, 2.75) is 6.61 Å². The minimum Gasteiger partial charge on any atom is -0.392 e. The molecule has 0 aromatic carbocycles. The molecule has 0 aliphatic heterocycles. The van der Waals surface area contributed by atoms with Crippen molar-refractivity contribution in [2.24, 2.45) is 0 Å². The molecular formula is C8H7ClN2O. The maximum atomic E-state index is 8.97. The van der Waals surface area contributed by atoms with E-state index < -0.39 is 0 Å². The topological polar surface area (TPSA) is 48.9 Å². The van der Waals surface area contributed by atoms with Crippen molar-refractivity contribution in [1.29, 1.82) is 0 Å². The molecule has 4 heteroatoms. The van der Waals surface area contributed by atoms with Crippen LogP contribution in [-0.2, 0) is 6.61 Å². The number of aromatic nitrogens is 2. The molecule has 0 fully saturated rings. The smallest absolute Gasteiger partial charge is 0.130 e. The Morgan fingerprint density at radius 3 is 3.17 bits per heavy atom. The Morgan fingerprint density at radius 2 is 2.42 bits per heavy atom. The molecule has 2 heterocycles. The van der Waals surface area contributed by atoms with E-state index in [1.807, 2.05) is 6.07 Å². The summed E-state index contributed by atoms with van der Waals surface area (Å²) in [4.78, 5) is 7.05. The molecule has 2 aromatic heterocycles. The van der Waals surface area contributed by atoms with Crippen LogP contribution in [0.2, 0.25) is 5.15 Å². The van der Waals surface area contributed by atoms with Gasteiger partial charge < -0.3 is 10.1 Å². The molecule has 12 heavy (non-hydrogen) atoms. The number of aliphatic hydroxyl groups excluding tert-OH is 1. The van der Waals surface area contributed by atoms with Gasteiger partial charge in [0.15, 0.2) is 0 Å². The molecule has 0 aliphatic rings. The van der Waals surface area contributed by atoms with Crippen molar-refractivity contribution >= 4 is 22.6 Å². The van der Waals surface area contributed by atoms with Gasteiger partial charge in [0.05, 0.1) is 17.6 Å². The van der Waals surface area contributed by atoms with Gasteiger partial charge in [0.1, 0.15) is 5.15 Å². The fraction of sp³-hybridized carbons (Fsp3) is 0.125. The monoisotopic (exact) mass is 182 g/mol. The number of rotatable bonds is 1. The zero-order chi connectivity index (χ0) is 8.55. The lowest BCUT2D eigenvalue weighted by Crippen LogP contribution is -1.87. The molecule has 3 nitrogen and oxygen atoms in total. The zero-order valence-corrected chi connectivity index (χ0v) is 6.97. The van der Waals surface area contributed by atoms with Gasteiger partial charge in [-0.05, 0) is 12.1 Å². The number of aromatic amines is 1. The van der Waals surface area contributed by atoms with Gasteiger partial charge in [-0.1, -0.05) is 11.6 Å². The van der Waals surface area contributed by atoms with Crippen molar-refractivity contribution < 1.29 is 5.11 Å². The van der Waals surface area contributed by atoms with Gasteiger partial charge >= 0.3 is 0 Å². The van der Waals surface area contributed by atoms with Gasteiger partial charge in [-0.15, -0.1) is 0 Å². The van der Waals surface area contributed by atoms with E-state index in [2.05, 4.69) is 9.97 Å². The van der Waals surface area contributed by atoms with Crippen LogP contribution in [0.3, 0.4) is 0 Å². The standard InChI is InChI=1S/C8H7ClN2O/c9-7-3-5(4-12)8-6(11-7)1-2-10-8/h1-3,10,12H,4H2. The second kappa shape index (κ2) is 2.77. The van der Waals surface area contributed by atoms with E-state index in [0.29, 0.717) is 5.15 Å². The third-order valence-electron chi connectivity index (χ3n) is 1.74. The summed E-state index contributed by atoms with van der Waals surface area (Å²) in [6.45, 7) is -0.0285. The number of halogens is 1. The fourth-order valence-electron chi connectivity index (χ4n) is 1.20. The van der Waals surface area contributed by atoms with Gasteiger partial charge in [-0.3, -0.25) is 0 Å². The van der Waals surface area contributed by atoms with Gasteiger partial charge in [0.2, 0.25) is 0 Å². The molecule has 2 N–H and O–H groups in total. The number of pyridine rings is 1. The van der Waals surface area contributed by atoms with Crippen LogP contribution in [0.15, 0.2) is 18.3 Å². The first-order valence-electron chi connectivity index (χ1n) is 3.54. The molecule has 2 aromatic rings. The maximum absolute atomic E-state index is 8.97. The molecule has 62 valence electrons. The first-order chi connectivity index (χ1) is 5.81. The Morgan fingerprint density at radius 1 is 1.58 bits per heavy atom.